The van der Waals surface area contributed by atoms with Crippen LogP contribution in [0.3, 0.4) is 0 Å². The molecule has 0 aliphatic heterocycles. The van der Waals surface area contributed by atoms with Crippen LogP contribution in [0.25, 0.3) is 0 Å². The largest absolute Gasteiger partial charge is 0.0654 e. The fraction of sp³-hybridized carbons (Fsp3) is 1.00. The molecule has 0 heterocycles. The van der Waals surface area contributed by atoms with Gasteiger partial charge in [-0.3, -0.25) is 0 Å². The Labute approximate surface area is 465 Å². The zero-order chi connectivity index (χ0) is 54.7. The first-order valence-corrected chi connectivity index (χ1v) is 35.2. The highest BCUT2D eigenvalue weighted by Gasteiger charge is 2.10. The normalized spacial score (nSPS) is 12.3. The van der Waals surface area contributed by atoms with Gasteiger partial charge in [0.15, 0.2) is 0 Å². The van der Waals surface area contributed by atoms with Crippen LogP contribution in [0, 0.1) is 29.6 Å². The van der Waals surface area contributed by atoms with Crippen molar-refractivity contribution < 1.29 is 0 Å². The van der Waals surface area contributed by atoms with Crippen LogP contribution in [0.4, 0.5) is 0 Å². The highest BCUT2D eigenvalue weighted by atomic mass is 14.2. The minimum atomic E-state index is 1.04. The lowest BCUT2D eigenvalue weighted by Gasteiger charge is -2.15. The van der Waals surface area contributed by atoms with Crippen molar-refractivity contribution in [3.05, 3.63) is 0 Å². The van der Waals surface area contributed by atoms with Gasteiger partial charge < -0.3 is 0 Å². The molecular formula is C72H154. The summed E-state index contributed by atoms with van der Waals surface area (Å²) in [5, 5.41) is 0. The molecule has 0 fully saturated rings. The summed E-state index contributed by atoms with van der Waals surface area (Å²) in [6, 6.07) is 0. The van der Waals surface area contributed by atoms with Crippen molar-refractivity contribution in [3.8, 4) is 0 Å². The summed E-state index contributed by atoms with van der Waals surface area (Å²) in [6.07, 6.45) is 74.9. The first-order chi connectivity index (χ1) is 35.2. The van der Waals surface area contributed by atoms with Crippen LogP contribution in [0.15, 0.2) is 0 Å². The van der Waals surface area contributed by atoms with E-state index in [4.69, 9.17) is 0 Å². The van der Waals surface area contributed by atoms with Crippen molar-refractivity contribution in [1.29, 1.82) is 0 Å². The van der Waals surface area contributed by atoms with Crippen molar-refractivity contribution in [2.75, 3.05) is 0 Å². The average Bonchev–Trinajstić information content (AvgIpc) is 3.39. The van der Waals surface area contributed by atoms with Crippen molar-refractivity contribution in [3.63, 3.8) is 0 Å². The minimum Gasteiger partial charge on any atom is -0.0654 e. The van der Waals surface area contributed by atoms with Crippen LogP contribution in [-0.2, 0) is 0 Å². The van der Waals surface area contributed by atoms with Crippen LogP contribution in [0.2, 0.25) is 0 Å². The molecule has 0 aliphatic carbocycles. The molecule has 0 heteroatoms. The van der Waals surface area contributed by atoms with Crippen LogP contribution < -0.4 is 0 Å². The van der Waals surface area contributed by atoms with Gasteiger partial charge in [0.1, 0.15) is 0 Å². The number of unbranched alkanes of at least 4 members (excludes halogenated alkanes) is 22. The molecule has 3 atom stereocenters. The second kappa shape index (κ2) is 77.5. The van der Waals surface area contributed by atoms with E-state index in [2.05, 4.69) is 104 Å². The molecule has 0 aliphatic rings. The van der Waals surface area contributed by atoms with Gasteiger partial charge in [-0.05, 0) is 29.6 Å². The van der Waals surface area contributed by atoms with E-state index in [-0.39, 0.29) is 0 Å². The Morgan fingerprint density at radius 1 is 0.111 bits per heavy atom. The van der Waals surface area contributed by atoms with Gasteiger partial charge in [-0.2, -0.15) is 0 Å². The molecular weight excluding hydrogens is 865 g/mol. The van der Waals surface area contributed by atoms with E-state index in [9.17, 15) is 0 Å². The average molecular weight is 1020 g/mol. The predicted octanol–water partition coefficient (Wildman–Crippen LogP) is 28.6. The first kappa shape index (κ1) is 80.9. The number of rotatable bonds is 52. The first-order valence-electron chi connectivity index (χ1n) is 35.2. The smallest absolute Gasteiger partial charge is 0.0414 e. The number of hydrogen-bond donors (Lipinski definition) is 0. The topological polar surface area (TPSA) is 0 Å². The molecule has 0 aromatic rings. The third kappa shape index (κ3) is 74.2. The molecule has 0 nitrogen and oxygen atoms in total. The van der Waals surface area contributed by atoms with E-state index in [1.54, 1.807) is 0 Å². The molecule has 0 N–H and O–H groups in total. The summed E-state index contributed by atoms with van der Waals surface area (Å²) < 4.78 is 0. The Morgan fingerprint density at radius 2 is 0.236 bits per heavy atom. The molecule has 0 saturated carbocycles. The van der Waals surface area contributed by atoms with Gasteiger partial charge in [0.25, 0.3) is 0 Å². The van der Waals surface area contributed by atoms with Gasteiger partial charge in [0.2, 0.25) is 0 Å². The molecule has 0 aromatic heterocycles. The maximum Gasteiger partial charge on any atom is -0.0414 e. The van der Waals surface area contributed by atoms with Crippen LogP contribution in [-0.4, -0.2) is 0 Å². The third-order valence-corrected chi connectivity index (χ3v) is 16.1. The van der Waals surface area contributed by atoms with E-state index in [1.165, 1.54) is 334 Å². The van der Waals surface area contributed by atoms with Crippen molar-refractivity contribution in [2.45, 2.75) is 438 Å². The molecule has 3 unspecified atom stereocenters. The van der Waals surface area contributed by atoms with E-state index < -0.39 is 0 Å². The van der Waals surface area contributed by atoms with Crippen LogP contribution in [0.5, 0.6) is 0 Å². The zero-order valence-electron chi connectivity index (χ0n) is 54.7. The maximum atomic E-state index is 2.34. The molecule has 72 heavy (non-hydrogen) atoms. The van der Waals surface area contributed by atoms with Crippen LogP contribution >= 0.6 is 0 Å². The molecule has 0 saturated heterocycles. The molecule has 0 spiro atoms. The summed E-state index contributed by atoms with van der Waals surface area (Å²) in [4.78, 5) is 0. The SMILES string of the molecule is CCCCC(CCC)CCCC.CCCCCCC(CCC)CCCC.CCCCCCC(CCC)CCCC.CCCCCCC(CCC)CCCCCC.CCCCCCCCC(CCC)CCCC. The Bertz CT molecular complexity index is 767. The summed E-state index contributed by atoms with van der Waals surface area (Å²) in [7, 11) is 0. The zero-order valence-corrected chi connectivity index (χ0v) is 54.7. The quantitative estimate of drug-likeness (QED) is 0.0533. The predicted molar refractivity (Wildman–Crippen MR) is 343 cm³/mol. The van der Waals surface area contributed by atoms with E-state index in [1.807, 2.05) is 0 Å². The van der Waals surface area contributed by atoms with Crippen molar-refractivity contribution >= 4 is 0 Å². The Hall–Kier alpha value is 0. The molecule has 0 amide bonds. The number of hydrogen-bond acceptors (Lipinski definition) is 0. The van der Waals surface area contributed by atoms with E-state index >= 15 is 0 Å². The lowest BCUT2D eigenvalue weighted by atomic mass is 9.91. The summed E-state index contributed by atoms with van der Waals surface area (Å²) in [5.74, 6) is 5.19. The molecule has 0 rings (SSSR count). The second-order valence-corrected chi connectivity index (χ2v) is 23.9. The van der Waals surface area contributed by atoms with Crippen LogP contribution in [0.1, 0.15) is 438 Å². The molecule has 0 aromatic carbocycles. The summed E-state index contributed by atoms with van der Waals surface area (Å²) >= 11 is 0. The fourth-order valence-corrected chi connectivity index (χ4v) is 11.3. The lowest BCUT2D eigenvalue weighted by Crippen LogP contribution is -2.00. The Morgan fingerprint density at radius 3 is 0.389 bits per heavy atom. The second-order valence-electron chi connectivity index (χ2n) is 23.9. The lowest BCUT2D eigenvalue weighted by molar-refractivity contribution is 0.379. The van der Waals surface area contributed by atoms with Gasteiger partial charge in [0.05, 0.1) is 0 Å². The highest BCUT2D eigenvalue weighted by Crippen LogP contribution is 2.26. The van der Waals surface area contributed by atoms with Gasteiger partial charge in [-0.25, -0.2) is 0 Å². The summed E-state index contributed by atoms with van der Waals surface area (Å²) in [5.41, 5.74) is 0. The third-order valence-electron chi connectivity index (χ3n) is 16.1. The molecule has 0 bridgehead atoms. The van der Waals surface area contributed by atoms with E-state index in [0.717, 1.165) is 29.6 Å². The monoisotopic (exact) mass is 1020 g/mol. The Balaban J connectivity index is -0.000000261. The van der Waals surface area contributed by atoms with Gasteiger partial charge in [-0.1, -0.05) is 438 Å². The minimum absolute atomic E-state index is 1.04. The highest BCUT2D eigenvalue weighted by molar-refractivity contribution is 4.63. The molecule has 0 radical (unpaired) electrons. The molecule has 442 valence electrons. The standard InChI is InChI=1S/2C16H34.2C14H30.C12H26/c1-4-7-9-10-11-12-15-16(13-6-3)14-8-5-2;1-4-7-9-11-14-16(13-6-3)15-12-10-8-5-2;2*1-4-7-9-10-13-14(11-6-3)12-8-5-2;1-4-7-10-12(9-6-3)11-8-5-2/h2*16H,4-15H2,1-3H3;2*14H,4-13H2,1-3H3;12H,4-11H2,1-3H3. The Kier molecular flexibility index (Phi) is 87.0. The fourth-order valence-electron chi connectivity index (χ4n) is 11.3. The van der Waals surface area contributed by atoms with E-state index in [0.29, 0.717) is 0 Å². The van der Waals surface area contributed by atoms with Gasteiger partial charge in [0, 0.05) is 0 Å². The van der Waals surface area contributed by atoms with Gasteiger partial charge in [-0.15, -0.1) is 0 Å². The van der Waals surface area contributed by atoms with Gasteiger partial charge >= 0.3 is 0 Å². The van der Waals surface area contributed by atoms with Crippen molar-refractivity contribution in [2.24, 2.45) is 29.6 Å². The maximum absolute atomic E-state index is 2.34. The summed E-state index contributed by atoms with van der Waals surface area (Å²) in [6.45, 7) is 34.6. The van der Waals surface area contributed by atoms with Crippen molar-refractivity contribution in [1.82, 2.24) is 0 Å².